The normalized spacial score (nSPS) is 13.0. The third-order valence-electron chi connectivity index (χ3n) is 1.28. The fourth-order valence-corrected chi connectivity index (χ4v) is 0.835. The van der Waals surface area contributed by atoms with Crippen molar-refractivity contribution in [1.29, 1.82) is 0 Å². The molecule has 0 heterocycles. The van der Waals surface area contributed by atoms with Crippen LogP contribution in [0, 0.1) is 0 Å². The van der Waals surface area contributed by atoms with E-state index >= 15 is 0 Å². The first-order chi connectivity index (χ1) is 6.40. The first-order valence-corrected chi connectivity index (χ1v) is 4.59. The SMILES string of the molecule is C=CC=C(C=CC)C(=O)OC(C)(C)C. The van der Waals surface area contributed by atoms with Gasteiger partial charge in [-0.25, -0.2) is 4.79 Å². The lowest BCUT2D eigenvalue weighted by atomic mass is 10.1. The van der Waals surface area contributed by atoms with E-state index in [-0.39, 0.29) is 5.97 Å². The number of hydrogen-bond donors (Lipinski definition) is 0. The molecule has 0 saturated heterocycles. The minimum Gasteiger partial charge on any atom is -0.456 e. The topological polar surface area (TPSA) is 26.3 Å². The Balaban J connectivity index is 4.63. The van der Waals surface area contributed by atoms with Crippen molar-refractivity contribution < 1.29 is 9.53 Å². The van der Waals surface area contributed by atoms with Crippen LogP contribution >= 0.6 is 0 Å². The number of esters is 1. The largest absolute Gasteiger partial charge is 0.456 e. The van der Waals surface area contributed by atoms with Gasteiger partial charge in [-0.1, -0.05) is 24.8 Å². The maximum Gasteiger partial charge on any atom is 0.338 e. The zero-order valence-electron chi connectivity index (χ0n) is 9.33. The highest BCUT2D eigenvalue weighted by Gasteiger charge is 2.17. The van der Waals surface area contributed by atoms with Crippen LogP contribution in [0.15, 0.2) is 36.5 Å². The van der Waals surface area contributed by atoms with Crippen LogP contribution in [0.25, 0.3) is 0 Å². The molecule has 0 unspecified atom stereocenters. The molecule has 0 atom stereocenters. The number of rotatable bonds is 3. The second-order valence-electron chi connectivity index (χ2n) is 3.86. The van der Waals surface area contributed by atoms with Gasteiger partial charge in [-0.15, -0.1) is 0 Å². The Morgan fingerprint density at radius 1 is 1.36 bits per heavy atom. The number of carbonyl (C=O) groups is 1. The Morgan fingerprint density at radius 2 is 1.93 bits per heavy atom. The van der Waals surface area contributed by atoms with Gasteiger partial charge in [0.2, 0.25) is 0 Å². The first kappa shape index (κ1) is 12.7. The second-order valence-corrected chi connectivity index (χ2v) is 3.86. The summed E-state index contributed by atoms with van der Waals surface area (Å²) >= 11 is 0. The lowest BCUT2D eigenvalue weighted by Crippen LogP contribution is -2.24. The lowest BCUT2D eigenvalue weighted by molar-refractivity contribution is -0.149. The van der Waals surface area contributed by atoms with Crippen LogP contribution in [0.1, 0.15) is 27.7 Å². The van der Waals surface area contributed by atoms with E-state index in [1.54, 1.807) is 24.3 Å². The molecule has 0 radical (unpaired) electrons. The zero-order valence-corrected chi connectivity index (χ0v) is 9.33. The van der Waals surface area contributed by atoms with Crippen molar-refractivity contribution in [1.82, 2.24) is 0 Å². The summed E-state index contributed by atoms with van der Waals surface area (Å²) in [6.45, 7) is 10.9. The minimum absolute atomic E-state index is 0.324. The van der Waals surface area contributed by atoms with Gasteiger partial charge in [-0.3, -0.25) is 0 Å². The van der Waals surface area contributed by atoms with E-state index in [1.165, 1.54) is 0 Å². The van der Waals surface area contributed by atoms with Crippen LogP contribution in [-0.2, 0) is 9.53 Å². The molecule has 0 bridgehead atoms. The molecule has 0 fully saturated rings. The predicted octanol–water partition coefficient (Wildman–Crippen LogP) is 3.02. The van der Waals surface area contributed by atoms with E-state index in [4.69, 9.17) is 4.74 Å². The number of carbonyl (C=O) groups excluding carboxylic acids is 1. The van der Waals surface area contributed by atoms with Gasteiger partial charge < -0.3 is 4.74 Å². The molecule has 0 rings (SSSR count). The molecule has 14 heavy (non-hydrogen) atoms. The van der Waals surface area contributed by atoms with E-state index in [0.29, 0.717) is 5.57 Å². The van der Waals surface area contributed by atoms with E-state index in [1.807, 2.05) is 27.7 Å². The van der Waals surface area contributed by atoms with Crippen molar-refractivity contribution in [2.45, 2.75) is 33.3 Å². The van der Waals surface area contributed by atoms with Crippen LogP contribution in [0.3, 0.4) is 0 Å². The van der Waals surface area contributed by atoms with Gasteiger partial charge in [-0.2, -0.15) is 0 Å². The van der Waals surface area contributed by atoms with Gasteiger partial charge in [0.15, 0.2) is 0 Å². The fourth-order valence-electron chi connectivity index (χ4n) is 0.835. The number of ether oxygens (including phenoxy) is 1. The zero-order chi connectivity index (χ0) is 11.2. The summed E-state index contributed by atoms with van der Waals surface area (Å²) in [4.78, 5) is 11.5. The van der Waals surface area contributed by atoms with Crippen molar-refractivity contribution in [3.05, 3.63) is 36.5 Å². The van der Waals surface area contributed by atoms with Crippen LogP contribution in [0.2, 0.25) is 0 Å². The first-order valence-electron chi connectivity index (χ1n) is 4.59. The molecular weight excluding hydrogens is 176 g/mol. The van der Waals surface area contributed by atoms with Gasteiger partial charge >= 0.3 is 5.97 Å². The van der Waals surface area contributed by atoms with Gasteiger partial charge in [0.1, 0.15) is 5.60 Å². The predicted molar refractivity (Wildman–Crippen MR) is 58.9 cm³/mol. The Bertz CT molecular complexity index is 265. The van der Waals surface area contributed by atoms with Gasteiger partial charge in [0, 0.05) is 0 Å². The highest BCUT2D eigenvalue weighted by Crippen LogP contribution is 2.11. The van der Waals surface area contributed by atoms with E-state index in [0.717, 1.165) is 0 Å². The molecule has 0 aromatic rings. The lowest BCUT2D eigenvalue weighted by Gasteiger charge is -2.19. The fraction of sp³-hybridized carbons (Fsp3) is 0.417. The summed E-state index contributed by atoms with van der Waals surface area (Å²) < 4.78 is 5.20. The molecule has 0 saturated carbocycles. The Morgan fingerprint density at radius 3 is 2.29 bits per heavy atom. The molecule has 0 aliphatic heterocycles. The van der Waals surface area contributed by atoms with Crippen LogP contribution in [0.4, 0.5) is 0 Å². The number of allylic oxidation sites excluding steroid dienone is 3. The van der Waals surface area contributed by atoms with Crippen molar-refractivity contribution >= 4 is 5.97 Å². The van der Waals surface area contributed by atoms with Crippen molar-refractivity contribution in [3.63, 3.8) is 0 Å². The van der Waals surface area contributed by atoms with E-state index in [2.05, 4.69) is 6.58 Å². The average molecular weight is 194 g/mol. The van der Waals surface area contributed by atoms with Crippen LogP contribution in [0.5, 0.6) is 0 Å². The highest BCUT2D eigenvalue weighted by molar-refractivity contribution is 5.92. The summed E-state index contributed by atoms with van der Waals surface area (Å²) in [5.41, 5.74) is 0.0521. The summed E-state index contributed by atoms with van der Waals surface area (Å²) in [6.07, 6.45) is 6.70. The Labute approximate surface area is 86.0 Å². The summed E-state index contributed by atoms with van der Waals surface area (Å²) in [5.74, 6) is -0.324. The van der Waals surface area contributed by atoms with Gasteiger partial charge in [0.05, 0.1) is 5.57 Å². The molecule has 2 heteroatoms. The molecule has 0 aliphatic carbocycles. The van der Waals surface area contributed by atoms with E-state index < -0.39 is 5.60 Å². The molecule has 0 aromatic heterocycles. The van der Waals surface area contributed by atoms with Crippen LogP contribution < -0.4 is 0 Å². The van der Waals surface area contributed by atoms with Crippen molar-refractivity contribution in [2.75, 3.05) is 0 Å². The van der Waals surface area contributed by atoms with E-state index in [9.17, 15) is 4.79 Å². The standard InChI is InChI=1S/C12H18O2/c1-6-8-10(9-7-2)11(13)14-12(3,4)5/h6-9H,1H2,2-5H3. The third-order valence-corrected chi connectivity index (χ3v) is 1.28. The summed E-state index contributed by atoms with van der Waals surface area (Å²) in [5, 5.41) is 0. The van der Waals surface area contributed by atoms with Gasteiger partial charge in [0.25, 0.3) is 0 Å². The Kier molecular flexibility index (Phi) is 4.92. The monoisotopic (exact) mass is 194 g/mol. The van der Waals surface area contributed by atoms with Gasteiger partial charge in [-0.05, 0) is 33.8 Å². The Hall–Kier alpha value is -1.31. The third kappa shape index (κ3) is 5.36. The number of hydrogen-bond acceptors (Lipinski definition) is 2. The molecular formula is C12H18O2. The maximum absolute atomic E-state index is 11.5. The smallest absolute Gasteiger partial charge is 0.338 e. The molecule has 0 aliphatic rings. The van der Waals surface area contributed by atoms with Crippen molar-refractivity contribution in [2.24, 2.45) is 0 Å². The maximum atomic E-state index is 11.5. The molecule has 2 nitrogen and oxygen atoms in total. The second kappa shape index (κ2) is 5.43. The average Bonchev–Trinajstić information content (AvgIpc) is 2.01. The highest BCUT2D eigenvalue weighted by atomic mass is 16.6. The summed E-state index contributed by atoms with van der Waals surface area (Å²) in [7, 11) is 0. The quantitative estimate of drug-likeness (QED) is 0.392. The summed E-state index contributed by atoms with van der Waals surface area (Å²) in [6, 6.07) is 0. The minimum atomic E-state index is -0.459. The van der Waals surface area contributed by atoms with Crippen molar-refractivity contribution in [3.8, 4) is 0 Å². The molecule has 78 valence electrons. The molecule has 0 N–H and O–H groups in total. The van der Waals surface area contributed by atoms with Crippen LogP contribution in [-0.4, -0.2) is 11.6 Å². The molecule has 0 spiro atoms. The molecule has 0 amide bonds. The molecule has 0 aromatic carbocycles.